The number of benzene rings is 1. The van der Waals surface area contributed by atoms with Crippen LogP contribution in [0.25, 0.3) is 6.08 Å². The number of anilines is 2. The first kappa shape index (κ1) is 47.5. The second kappa shape index (κ2) is 22.6. The van der Waals surface area contributed by atoms with E-state index >= 15 is 0 Å². The number of unbranched alkanes of at least 4 members (excludes halogenated alkanes) is 1. The van der Waals surface area contributed by atoms with E-state index in [9.17, 15) is 28.8 Å². The van der Waals surface area contributed by atoms with Crippen molar-refractivity contribution in [2.75, 3.05) is 75.7 Å². The van der Waals surface area contributed by atoms with E-state index in [-0.39, 0.29) is 55.0 Å². The van der Waals surface area contributed by atoms with Crippen molar-refractivity contribution in [1.82, 2.24) is 40.6 Å². The Balaban J connectivity index is 0.704. The van der Waals surface area contributed by atoms with Gasteiger partial charge in [-0.05, 0) is 93.3 Å². The number of aromatic nitrogens is 2. The van der Waals surface area contributed by atoms with Crippen molar-refractivity contribution in [3.63, 3.8) is 0 Å². The number of ether oxygens (including phenoxy) is 1. The molecule has 0 radical (unpaired) electrons. The highest BCUT2D eigenvalue weighted by Gasteiger charge is 2.40. The van der Waals surface area contributed by atoms with Crippen LogP contribution < -0.4 is 26.2 Å². The van der Waals surface area contributed by atoms with Crippen LogP contribution in [-0.2, 0) is 30.5 Å². The van der Waals surface area contributed by atoms with Crippen LogP contribution >= 0.6 is 0 Å². The SMILES string of the molecule is CC(OCCNc1cccc2c1CN(C1CCC(=O)NC1=O)C2=O)C(=O)C1CN(C2CCN(c3ccc(C(=O)N4CCC(CCCCNC(=O)/C=C/c5cccnc5)CC4)cn3)CC2)CCN1. The van der Waals surface area contributed by atoms with Gasteiger partial charge in [0.2, 0.25) is 17.7 Å². The van der Waals surface area contributed by atoms with Crippen molar-refractivity contribution in [1.29, 1.82) is 0 Å². The van der Waals surface area contributed by atoms with Crippen molar-refractivity contribution in [3.8, 4) is 0 Å². The zero-order chi connectivity index (χ0) is 46.7. The molecule has 356 valence electrons. The van der Waals surface area contributed by atoms with Crippen molar-refractivity contribution in [2.24, 2.45) is 5.92 Å². The lowest BCUT2D eigenvalue weighted by Crippen LogP contribution is -2.59. The predicted octanol–water partition coefficient (Wildman–Crippen LogP) is 3.42. The summed E-state index contributed by atoms with van der Waals surface area (Å²) in [5.74, 6) is 0.445. The molecule has 5 aliphatic rings. The number of hydrogen-bond acceptors (Lipinski definition) is 13. The number of piperazine rings is 1. The first-order valence-corrected chi connectivity index (χ1v) is 24.1. The van der Waals surface area contributed by atoms with Gasteiger partial charge < -0.3 is 35.4 Å². The average molecular weight is 917 g/mol. The molecule has 3 aromatic rings. The van der Waals surface area contributed by atoms with Gasteiger partial charge in [-0.2, -0.15) is 0 Å². The van der Waals surface area contributed by atoms with Gasteiger partial charge in [0.05, 0.1) is 18.2 Å². The van der Waals surface area contributed by atoms with Gasteiger partial charge in [0.15, 0.2) is 5.78 Å². The lowest BCUT2D eigenvalue weighted by atomic mass is 9.91. The highest BCUT2D eigenvalue weighted by atomic mass is 16.5. The molecule has 7 heterocycles. The third-order valence-electron chi connectivity index (χ3n) is 14.0. The van der Waals surface area contributed by atoms with Gasteiger partial charge in [-0.3, -0.25) is 44.0 Å². The molecule has 67 heavy (non-hydrogen) atoms. The smallest absolute Gasteiger partial charge is 0.255 e. The van der Waals surface area contributed by atoms with Gasteiger partial charge >= 0.3 is 0 Å². The Bertz CT molecular complexity index is 2260. The molecule has 0 bridgehead atoms. The van der Waals surface area contributed by atoms with Crippen LogP contribution in [0.3, 0.4) is 0 Å². The number of nitrogens with zero attached hydrogens (tertiary/aromatic N) is 6. The monoisotopic (exact) mass is 916 g/mol. The zero-order valence-corrected chi connectivity index (χ0v) is 38.5. The fourth-order valence-corrected chi connectivity index (χ4v) is 10.1. The van der Waals surface area contributed by atoms with Gasteiger partial charge in [-0.15, -0.1) is 0 Å². The molecule has 1 aromatic carbocycles. The molecule has 0 spiro atoms. The number of fused-ring (bicyclic) bond motifs is 1. The van der Waals surface area contributed by atoms with E-state index < -0.39 is 18.1 Å². The maximum atomic E-state index is 13.6. The number of nitrogens with one attached hydrogen (secondary N) is 4. The minimum atomic E-state index is -0.677. The standard InChI is InChI=1S/C50H64N10O7/c1-34(67-29-23-53-41-9-4-8-39-40(41)32-60(50(39)66)43-12-15-46(62)56-48(43)64)47(63)42-33-59(28-22-52-42)38-18-26-57(27-19-38)44-13-11-37(31-55-44)49(65)58-24-16-35(17-25-58)6-2-3-21-54-45(61)14-10-36-7-5-20-51-30-36/h4-5,7-11,13-14,20,30-31,34-35,38,42-43,52-53H,2-3,6,12,15-19,21-29,32-33H2,1H3,(H,54,61)(H,56,62,64)/b14-10+. The summed E-state index contributed by atoms with van der Waals surface area (Å²) in [6.07, 6.45) is 15.3. The second-order valence-corrected chi connectivity index (χ2v) is 18.3. The minimum Gasteiger partial charge on any atom is -0.382 e. The number of likely N-dealkylation sites (tertiary alicyclic amines) is 1. The summed E-state index contributed by atoms with van der Waals surface area (Å²) in [6, 6.07) is 12.4. The summed E-state index contributed by atoms with van der Waals surface area (Å²) < 4.78 is 6.02. The molecule has 4 N–H and O–H groups in total. The fraction of sp³-hybridized carbons (Fsp3) is 0.520. The summed E-state index contributed by atoms with van der Waals surface area (Å²) >= 11 is 0. The molecule has 2 aromatic heterocycles. The van der Waals surface area contributed by atoms with E-state index in [1.807, 2.05) is 35.2 Å². The van der Waals surface area contributed by atoms with Crippen LogP contribution in [0.5, 0.6) is 0 Å². The number of rotatable bonds is 18. The maximum Gasteiger partial charge on any atom is 0.255 e. The average Bonchev–Trinajstić information content (AvgIpc) is 3.70. The molecule has 0 aliphatic carbocycles. The van der Waals surface area contributed by atoms with Gasteiger partial charge in [0.1, 0.15) is 18.0 Å². The summed E-state index contributed by atoms with van der Waals surface area (Å²) in [4.78, 5) is 93.4. The lowest BCUT2D eigenvalue weighted by Gasteiger charge is -2.42. The number of piperidine rings is 3. The second-order valence-electron chi connectivity index (χ2n) is 18.3. The van der Waals surface area contributed by atoms with Crippen LogP contribution in [0.15, 0.2) is 67.1 Å². The van der Waals surface area contributed by atoms with Gasteiger partial charge in [-0.1, -0.05) is 25.0 Å². The van der Waals surface area contributed by atoms with E-state index in [1.165, 1.54) is 4.90 Å². The first-order chi connectivity index (χ1) is 32.6. The summed E-state index contributed by atoms with van der Waals surface area (Å²) in [7, 11) is 0. The summed E-state index contributed by atoms with van der Waals surface area (Å²) in [5.41, 5.74) is 3.63. The Morgan fingerprint density at radius 2 is 1.76 bits per heavy atom. The van der Waals surface area contributed by atoms with E-state index in [4.69, 9.17) is 9.72 Å². The first-order valence-electron chi connectivity index (χ1n) is 24.1. The molecule has 17 nitrogen and oxygen atoms in total. The Labute approximate surface area is 392 Å². The van der Waals surface area contributed by atoms with E-state index in [2.05, 4.69) is 36.1 Å². The quantitative estimate of drug-likeness (QED) is 0.0824. The molecular formula is C50H64N10O7. The molecule has 5 amide bonds. The lowest BCUT2D eigenvalue weighted by molar-refractivity contribution is -0.137. The summed E-state index contributed by atoms with van der Waals surface area (Å²) in [5, 5.41) is 12.1. The number of carbonyl (C=O) groups excluding carboxylic acids is 6. The van der Waals surface area contributed by atoms with Gasteiger partial charge in [0, 0.05) is 119 Å². The molecule has 17 heteroatoms. The number of hydrogen-bond donors (Lipinski definition) is 4. The molecule has 3 atom stereocenters. The maximum absolute atomic E-state index is 13.6. The van der Waals surface area contributed by atoms with Crippen molar-refractivity contribution in [2.45, 2.75) is 95.5 Å². The predicted molar refractivity (Wildman–Crippen MR) is 253 cm³/mol. The topological polar surface area (TPSA) is 199 Å². The largest absolute Gasteiger partial charge is 0.382 e. The third-order valence-corrected chi connectivity index (χ3v) is 14.0. The Morgan fingerprint density at radius 1 is 0.925 bits per heavy atom. The van der Waals surface area contributed by atoms with Gasteiger partial charge in [0.25, 0.3) is 11.8 Å². The van der Waals surface area contributed by atoms with Crippen LogP contribution in [-0.4, -0.2) is 150 Å². The fourth-order valence-electron chi connectivity index (χ4n) is 10.1. The molecule has 8 rings (SSSR count). The number of imide groups is 1. The molecule has 3 unspecified atom stereocenters. The van der Waals surface area contributed by atoms with Crippen LogP contribution in [0.4, 0.5) is 11.5 Å². The van der Waals surface area contributed by atoms with E-state index in [0.29, 0.717) is 49.1 Å². The van der Waals surface area contributed by atoms with Crippen molar-refractivity contribution >= 4 is 52.9 Å². The van der Waals surface area contributed by atoms with Crippen LogP contribution in [0.2, 0.25) is 0 Å². The zero-order valence-electron chi connectivity index (χ0n) is 38.5. The number of pyridine rings is 2. The van der Waals surface area contributed by atoms with Gasteiger partial charge in [-0.25, -0.2) is 4.98 Å². The Hall–Kier alpha value is -6.04. The number of Topliss-reactive ketones (excluding diaryl/α,β-unsaturated/α-hetero) is 1. The number of ketones is 1. The van der Waals surface area contributed by atoms with E-state index in [0.717, 1.165) is 107 Å². The number of amides is 5. The molecule has 4 fully saturated rings. The third kappa shape index (κ3) is 12.1. The van der Waals surface area contributed by atoms with Crippen molar-refractivity contribution in [3.05, 3.63) is 89.4 Å². The van der Waals surface area contributed by atoms with Crippen molar-refractivity contribution < 1.29 is 33.5 Å². The van der Waals surface area contributed by atoms with Crippen LogP contribution in [0, 0.1) is 5.92 Å². The molecule has 4 saturated heterocycles. The highest BCUT2D eigenvalue weighted by Crippen LogP contribution is 2.32. The number of carbonyl (C=O) groups is 6. The Morgan fingerprint density at radius 3 is 2.52 bits per heavy atom. The normalized spacial score (nSPS) is 21.3. The van der Waals surface area contributed by atoms with E-state index in [1.54, 1.807) is 49.8 Å². The molecule has 0 saturated carbocycles. The highest BCUT2D eigenvalue weighted by molar-refractivity contribution is 6.06. The molecular weight excluding hydrogens is 853 g/mol. The molecule has 5 aliphatic heterocycles. The van der Waals surface area contributed by atoms with Crippen LogP contribution in [0.1, 0.15) is 96.6 Å². The minimum absolute atomic E-state index is 0.0253. The Kier molecular flexibility index (Phi) is 16.0. The summed E-state index contributed by atoms with van der Waals surface area (Å²) in [6.45, 7) is 8.84.